The van der Waals surface area contributed by atoms with Crippen molar-refractivity contribution in [2.24, 2.45) is 0 Å². The van der Waals surface area contributed by atoms with Gasteiger partial charge in [-0.1, -0.05) is 18.2 Å². The van der Waals surface area contributed by atoms with Gasteiger partial charge in [-0.15, -0.1) is 11.3 Å². The van der Waals surface area contributed by atoms with Gasteiger partial charge in [-0.25, -0.2) is 4.98 Å². The molecule has 2 aromatic heterocycles. The van der Waals surface area contributed by atoms with E-state index in [4.69, 9.17) is 4.74 Å². The van der Waals surface area contributed by atoms with E-state index in [9.17, 15) is 4.79 Å². The molecule has 1 aromatic carbocycles. The fourth-order valence-corrected chi connectivity index (χ4v) is 3.06. The topological polar surface area (TPSA) is 64.1 Å². The van der Waals surface area contributed by atoms with E-state index in [0.29, 0.717) is 26.0 Å². The second kappa shape index (κ2) is 8.94. The van der Waals surface area contributed by atoms with Crippen LogP contribution in [0.15, 0.2) is 60.2 Å². The predicted molar refractivity (Wildman–Crippen MR) is 98.4 cm³/mol. The Bertz CT molecular complexity index is 791. The molecule has 0 aliphatic heterocycles. The number of pyridine rings is 1. The second-order valence-electron chi connectivity index (χ2n) is 5.42. The van der Waals surface area contributed by atoms with Crippen molar-refractivity contribution in [2.45, 2.75) is 19.4 Å². The van der Waals surface area contributed by atoms with Crippen LogP contribution in [0.5, 0.6) is 5.75 Å². The molecule has 25 heavy (non-hydrogen) atoms. The molecule has 0 aliphatic rings. The Labute approximate surface area is 150 Å². The van der Waals surface area contributed by atoms with Crippen LogP contribution < -0.4 is 10.1 Å². The van der Waals surface area contributed by atoms with Gasteiger partial charge in [0.15, 0.2) is 0 Å². The molecule has 2 heterocycles. The number of carbonyl (C=O) groups is 1. The Morgan fingerprint density at radius 2 is 1.92 bits per heavy atom. The van der Waals surface area contributed by atoms with Gasteiger partial charge < -0.3 is 10.1 Å². The summed E-state index contributed by atoms with van der Waals surface area (Å²) in [7, 11) is 0. The number of nitrogens with zero attached hydrogens (tertiary/aromatic N) is 2. The maximum Gasteiger partial charge on any atom is 0.220 e. The van der Waals surface area contributed by atoms with Gasteiger partial charge in [-0.05, 0) is 30.7 Å². The standard InChI is InChI=1S/C19H19N3O2S/c23-18(7-4-12-24-17-5-2-1-3-6-17)21-13-16-14-25-19(22-16)15-8-10-20-11-9-15/h1-3,5-6,8-11,14H,4,7,12-13H2,(H,21,23). The van der Waals surface area contributed by atoms with E-state index in [0.717, 1.165) is 22.0 Å². The number of rotatable bonds is 8. The highest BCUT2D eigenvalue weighted by atomic mass is 32.1. The number of thiazole rings is 1. The van der Waals surface area contributed by atoms with Crippen LogP contribution in [0.2, 0.25) is 0 Å². The highest BCUT2D eigenvalue weighted by Crippen LogP contribution is 2.22. The summed E-state index contributed by atoms with van der Waals surface area (Å²) in [6, 6.07) is 13.5. The summed E-state index contributed by atoms with van der Waals surface area (Å²) in [5, 5.41) is 5.80. The zero-order chi connectivity index (χ0) is 17.3. The monoisotopic (exact) mass is 353 g/mol. The lowest BCUT2D eigenvalue weighted by Crippen LogP contribution is -2.23. The van der Waals surface area contributed by atoms with Crippen LogP contribution in [0.1, 0.15) is 18.5 Å². The Hall–Kier alpha value is -2.73. The Kier molecular flexibility index (Phi) is 6.11. The number of aromatic nitrogens is 2. The van der Waals surface area contributed by atoms with Gasteiger partial charge in [0, 0.05) is 29.8 Å². The van der Waals surface area contributed by atoms with Crippen LogP contribution in [0.4, 0.5) is 0 Å². The summed E-state index contributed by atoms with van der Waals surface area (Å²) >= 11 is 1.56. The number of ether oxygens (including phenoxy) is 1. The van der Waals surface area contributed by atoms with E-state index in [1.54, 1.807) is 23.7 Å². The molecule has 3 aromatic rings. The first-order valence-corrected chi connectivity index (χ1v) is 8.98. The van der Waals surface area contributed by atoms with Crippen molar-refractivity contribution in [1.29, 1.82) is 0 Å². The van der Waals surface area contributed by atoms with Crippen molar-refractivity contribution < 1.29 is 9.53 Å². The number of nitrogens with one attached hydrogen (secondary N) is 1. The molecule has 0 saturated carbocycles. The summed E-state index contributed by atoms with van der Waals surface area (Å²) in [4.78, 5) is 20.4. The average Bonchev–Trinajstić information content (AvgIpc) is 3.14. The third-order valence-electron chi connectivity index (χ3n) is 3.51. The van der Waals surface area contributed by atoms with Gasteiger partial charge in [-0.2, -0.15) is 0 Å². The molecule has 0 saturated heterocycles. The first-order chi connectivity index (χ1) is 12.3. The molecule has 128 valence electrons. The molecule has 0 radical (unpaired) electrons. The van der Waals surface area contributed by atoms with E-state index >= 15 is 0 Å². The molecule has 0 unspecified atom stereocenters. The van der Waals surface area contributed by atoms with Gasteiger partial charge >= 0.3 is 0 Å². The molecular weight excluding hydrogens is 334 g/mol. The molecule has 3 rings (SSSR count). The molecular formula is C19H19N3O2S. The molecule has 0 fully saturated rings. The number of hydrogen-bond donors (Lipinski definition) is 1. The number of para-hydroxylation sites is 1. The van der Waals surface area contributed by atoms with Gasteiger partial charge in [-0.3, -0.25) is 9.78 Å². The molecule has 0 bridgehead atoms. The molecule has 0 atom stereocenters. The quantitative estimate of drug-likeness (QED) is 0.628. The van der Waals surface area contributed by atoms with Crippen LogP contribution in [0, 0.1) is 0 Å². The van der Waals surface area contributed by atoms with Crippen molar-refractivity contribution in [3.8, 4) is 16.3 Å². The summed E-state index contributed by atoms with van der Waals surface area (Å²) < 4.78 is 5.58. The minimum Gasteiger partial charge on any atom is -0.494 e. The SMILES string of the molecule is O=C(CCCOc1ccccc1)NCc1csc(-c2ccncc2)n1. The first kappa shape index (κ1) is 17.1. The fourth-order valence-electron chi connectivity index (χ4n) is 2.23. The maximum atomic E-state index is 11.9. The third-order valence-corrected chi connectivity index (χ3v) is 4.45. The summed E-state index contributed by atoms with van der Waals surface area (Å²) in [6.45, 7) is 0.973. The van der Waals surface area contributed by atoms with E-state index in [-0.39, 0.29) is 5.91 Å². The van der Waals surface area contributed by atoms with Crippen molar-refractivity contribution in [2.75, 3.05) is 6.61 Å². The largest absolute Gasteiger partial charge is 0.494 e. The lowest BCUT2D eigenvalue weighted by Gasteiger charge is -2.06. The number of amides is 1. The predicted octanol–water partition coefficient (Wildman–Crippen LogP) is 3.68. The van der Waals surface area contributed by atoms with Crippen molar-refractivity contribution in [3.05, 3.63) is 65.9 Å². The van der Waals surface area contributed by atoms with Crippen molar-refractivity contribution in [3.63, 3.8) is 0 Å². The van der Waals surface area contributed by atoms with Crippen LogP contribution in [-0.2, 0) is 11.3 Å². The van der Waals surface area contributed by atoms with Gasteiger partial charge in [0.25, 0.3) is 0 Å². The van der Waals surface area contributed by atoms with Crippen LogP contribution in [0.25, 0.3) is 10.6 Å². The Morgan fingerprint density at radius 1 is 1.12 bits per heavy atom. The number of carbonyl (C=O) groups excluding carboxylic acids is 1. The fraction of sp³-hybridized carbons (Fsp3) is 0.211. The average molecular weight is 353 g/mol. The summed E-state index contributed by atoms with van der Waals surface area (Å²) in [6.07, 6.45) is 4.61. The third kappa shape index (κ3) is 5.39. The molecule has 6 heteroatoms. The molecule has 1 N–H and O–H groups in total. The Morgan fingerprint density at radius 3 is 2.72 bits per heavy atom. The summed E-state index contributed by atoms with van der Waals surface area (Å²) in [5.74, 6) is 0.837. The minimum absolute atomic E-state index is 0.00937. The normalized spacial score (nSPS) is 10.4. The van der Waals surface area contributed by atoms with Gasteiger partial charge in [0.2, 0.25) is 5.91 Å². The lowest BCUT2D eigenvalue weighted by atomic mass is 10.3. The van der Waals surface area contributed by atoms with Crippen LogP contribution >= 0.6 is 11.3 Å². The maximum absolute atomic E-state index is 11.9. The Balaban J connectivity index is 1.37. The zero-order valence-electron chi connectivity index (χ0n) is 13.7. The molecule has 1 amide bonds. The summed E-state index contributed by atoms with van der Waals surface area (Å²) in [5.41, 5.74) is 1.90. The van der Waals surface area contributed by atoms with E-state index in [1.807, 2.05) is 47.8 Å². The van der Waals surface area contributed by atoms with Crippen molar-refractivity contribution in [1.82, 2.24) is 15.3 Å². The highest BCUT2D eigenvalue weighted by Gasteiger charge is 2.06. The zero-order valence-corrected chi connectivity index (χ0v) is 14.5. The van der Waals surface area contributed by atoms with Crippen molar-refractivity contribution >= 4 is 17.2 Å². The molecule has 5 nitrogen and oxygen atoms in total. The van der Waals surface area contributed by atoms with E-state index in [1.165, 1.54) is 0 Å². The van der Waals surface area contributed by atoms with Crippen LogP contribution in [-0.4, -0.2) is 22.5 Å². The highest BCUT2D eigenvalue weighted by molar-refractivity contribution is 7.13. The van der Waals surface area contributed by atoms with E-state index < -0.39 is 0 Å². The number of hydrogen-bond acceptors (Lipinski definition) is 5. The second-order valence-corrected chi connectivity index (χ2v) is 6.28. The van der Waals surface area contributed by atoms with E-state index in [2.05, 4.69) is 15.3 Å². The van der Waals surface area contributed by atoms with Gasteiger partial charge in [0.05, 0.1) is 18.8 Å². The van der Waals surface area contributed by atoms with Crippen LogP contribution in [0.3, 0.4) is 0 Å². The smallest absolute Gasteiger partial charge is 0.220 e. The van der Waals surface area contributed by atoms with Gasteiger partial charge in [0.1, 0.15) is 10.8 Å². The number of benzene rings is 1. The lowest BCUT2D eigenvalue weighted by molar-refractivity contribution is -0.121. The molecule has 0 spiro atoms. The molecule has 0 aliphatic carbocycles. The minimum atomic E-state index is 0.00937. The first-order valence-electron chi connectivity index (χ1n) is 8.10.